The molecule has 0 radical (unpaired) electrons. The third-order valence-corrected chi connectivity index (χ3v) is 7.55. The number of pyridine rings is 1. The van der Waals surface area contributed by atoms with Crippen LogP contribution in [0, 0.1) is 19.8 Å². The van der Waals surface area contributed by atoms with Crippen molar-refractivity contribution in [2.24, 2.45) is 5.92 Å². The van der Waals surface area contributed by atoms with E-state index in [1.165, 1.54) is 11.3 Å². The van der Waals surface area contributed by atoms with Gasteiger partial charge in [0.2, 0.25) is 5.95 Å². The first kappa shape index (κ1) is 26.6. The van der Waals surface area contributed by atoms with Gasteiger partial charge in [-0.25, -0.2) is 9.97 Å². The van der Waals surface area contributed by atoms with Crippen molar-refractivity contribution in [1.29, 1.82) is 0 Å². The lowest BCUT2D eigenvalue weighted by Gasteiger charge is -2.45. The van der Waals surface area contributed by atoms with Gasteiger partial charge in [-0.05, 0) is 54.0 Å². The number of aromatic nitrogens is 4. The van der Waals surface area contributed by atoms with E-state index in [1.54, 1.807) is 24.9 Å². The summed E-state index contributed by atoms with van der Waals surface area (Å²) < 4.78 is 6.61. The number of thiazole rings is 1. The minimum atomic E-state index is -1.25. The van der Waals surface area contributed by atoms with Crippen LogP contribution < -0.4 is 10.2 Å². The number of rotatable bonds is 8. The van der Waals surface area contributed by atoms with Gasteiger partial charge in [0, 0.05) is 25.2 Å². The summed E-state index contributed by atoms with van der Waals surface area (Å²) in [5.74, 6) is 0.418. The van der Waals surface area contributed by atoms with Crippen molar-refractivity contribution in [3.8, 4) is 10.6 Å². The van der Waals surface area contributed by atoms with E-state index in [9.17, 15) is 15.3 Å². The molecule has 4 N–H and O–H groups in total. The molecule has 1 aliphatic heterocycles. The lowest BCUT2D eigenvalue weighted by Crippen LogP contribution is -2.57. The molecule has 1 fully saturated rings. The Bertz CT molecular complexity index is 1210. The summed E-state index contributed by atoms with van der Waals surface area (Å²) in [5, 5.41) is 36.6. The lowest BCUT2D eigenvalue weighted by atomic mass is 9.80. The van der Waals surface area contributed by atoms with Crippen molar-refractivity contribution in [2.45, 2.75) is 72.0 Å². The molecule has 3 atom stereocenters. The van der Waals surface area contributed by atoms with Crippen LogP contribution in [0.25, 0.3) is 20.8 Å². The van der Waals surface area contributed by atoms with E-state index in [-0.39, 0.29) is 6.10 Å². The average molecular weight is 517 g/mol. The van der Waals surface area contributed by atoms with Gasteiger partial charge in [0.25, 0.3) is 0 Å². The van der Waals surface area contributed by atoms with Crippen LogP contribution in [0.5, 0.6) is 0 Å². The molecule has 1 unspecified atom stereocenters. The molecule has 10 nitrogen and oxygen atoms in total. The van der Waals surface area contributed by atoms with Crippen LogP contribution in [0.15, 0.2) is 12.3 Å². The molecule has 3 aromatic rings. The highest BCUT2D eigenvalue weighted by atomic mass is 32.1. The zero-order valence-electron chi connectivity index (χ0n) is 21.7. The fraction of sp³-hybridized carbons (Fsp3) is 0.600. The van der Waals surface area contributed by atoms with Gasteiger partial charge < -0.3 is 30.3 Å². The number of aliphatic hydroxyl groups is 3. The highest BCUT2D eigenvalue weighted by molar-refractivity contribution is 7.21. The van der Waals surface area contributed by atoms with E-state index in [1.807, 2.05) is 33.8 Å². The molecule has 1 saturated heterocycles. The Hall–Kier alpha value is -2.44. The summed E-state index contributed by atoms with van der Waals surface area (Å²) in [4.78, 5) is 20.3. The first-order valence-corrected chi connectivity index (χ1v) is 13.1. The van der Waals surface area contributed by atoms with Crippen molar-refractivity contribution in [2.75, 3.05) is 29.9 Å². The average Bonchev–Trinajstić information content (AvgIpc) is 3.22. The number of piperidine rings is 1. The molecule has 36 heavy (non-hydrogen) atoms. The Morgan fingerprint density at radius 1 is 1.19 bits per heavy atom. The van der Waals surface area contributed by atoms with Crippen LogP contribution in [0.4, 0.5) is 11.8 Å². The van der Waals surface area contributed by atoms with Crippen LogP contribution in [-0.2, 0) is 4.74 Å². The smallest absolute Gasteiger partial charge is 0.224 e. The van der Waals surface area contributed by atoms with Gasteiger partial charge in [-0.15, -0.1) is 11.3 Å². The first-order valence-electron chi connectivity index (χ1n) is 12.3. The predicted molar refractivity (Wildman–Crippen MR) is 141 cm³/mol. The molecule has 0 aliphatic carbocycles. The minimum Gasteiger partial charge on any atom is -0.390 e. The molecule has 196 valence electrons. The molecule has 0 saturated carbocycles. The molecule has 0 aromatic carbocycles. The quantitative estimate of drug-likeness (QED) is 0.331. The minimum absolute atomic E-state index is 0.123. The van der Waals surface area contributed by atoms with Crippen molar-refractivity contribution >= 4 is 33.3 Å². The van der Waals surface area contributed by atoms with Gasteiger partial charge in [-0.1, -0.05) is 0 Å². The van der Waals surface area contributed by atoms with Crippen LogP contribution >= 0.6 is 11.3 Å². The van der Waals surface area contributed by atoms with Crippen LogP contribution in [0.2, 0.25) is 0 Å². The number of aliphatic hydroxyl groups excluding tert-OH is 2. The Morgan fingerprint density at radius 3 is 2.61 bits per heavy atom. The number of fused-ring (bicyclic) bond motifs is 1. The summed E-state index contributed by atoms with van der Waals surface area (Å²) >= 11 is 1.51. The van der Waals surface area contributed by atoms with Crippen LogP contribution in [-0.4, -0.2) is 79.0 Å². The molecule has 4 rings (SSSR count). The van der Waals surface area contributed by atoms with Gasteiger partial charge >= 0.3 is 0 Å². The number of aryl methyl sites for hydroxylation is 2. The molecule has 1 aliphatic rings. The number of hydrogen-bond acceptors (Lipinski definition) is 11. The maximum absolute atomic E-state index is 11.2. The first-order chi connectivity index (χ1) is 17.0. The molecular weight excluding hydrogens is 480 g/mol. The van der Waals surface area contributed by atoms with Gasteiger partial charge in [-0.3, -0.25) is 4.98 Å². The Morgan fingerprint density at radius 2 is 1.94 bits per heavy atom. The summed E-state index contributed by atoms with van der Waals surface area (Å²) in [7, 11) is 0. The molecule has 4 heterocycles. The number of nitrogens with one attached hydrogen (secondary N) is 1. The van der Waals surface area contributed by atoms with Gasteiger partial charge in [0.1, 0.15) is 22.4 Å². The largest absolute Gasteiger partial charge is 0.390 e. The van der Waals surface area contributed by atoms with E-state index < -0.39 is 23.9 Å². The van der Waals surface area contributed by atoms with Gasteiger partial charge in [0.05, 0.1) is 40.0 Å². The van der Waals surface area contributed by atoms with E-state index >= 15 is 0 Å². The summed E-state index contributed by atoms with van der Waals surface area (Å²) in [6.45, 7) is 12.5. The maximum Gasteiger partial charge on any atom is 0.224 e. The van der Waals surface area contributed by atoms with Crippen LogP contribution in [0.3, 0.4) is 0 Å². The second kappa shape index (κ2) is 10.5. The van der Waals surface area contributed by atoms with Gasteiger partial charge in [0.15, 0.2) is 6.23 Å². The zero-order chi connectivity index (χ0) is 26.2. The molecule has 0 spiro atoms. The fourth-order valence-corrected chi connectivity index (χ4v) is 5.72. The molecule has 0 amide bonds. The van der Waals surface area contributed by atoms with Crippen LogP contribution in [0.1, 0.15) is 45.5 Å². The van der Waals surface area contributed by atoms with Crippen molar-refractivity contribution in [3.05, 3.63) is 23.7 Å². The van der Waals surface area contributed by atoms with E-state index in [4.69, 9.17) is 14.7 Å². The summed E-state index contributed by atoms with van der Waals surface area (Å²) in [5.41, 5.74) is 1.92. The van der Waals surface area contributed by atoms with Crippen molar-refractivity contribution in [1.82, 2.24) is 19.9 Å². The van der Waals surface area contributed by atoms with E-state index in [0.717, 1.165) is 20.9 Å². The zero-order valence-corrected chi connectivity index (χ0v) is 22.5. The molecule has 0 bridgehead atoms. The number of anilines is 2. The third kappa shape index (κ3) is 5.45. The monoisotopic (exact) mass is 516 g/mol. The molecular formula is C25H36N6O4S. The lowest BCUT2D eigenvalue weighted by molar-refractivity contribution is -0.108. The highest BCUT2D eigenvalue weighted by Gasteiger charge is 2.44. The topological polar surface area (TPSA) is 137 Å². The SMILES string of the molecule is Cc1nc(NCCOC(C)C)nc(N2CC[C@H](C(C)(C)O)[C@@H](O)C2O)c1-c1nc2c(C)nccc2s1. The fourth-order valence-electron chi connectivity index (χ4n) is 4.62. The van der Waals surface area contributed by atoms with E-state index in [0.29, 0.717) is 49.1 Å². The van der Waals surface area contributed by atoms with Gasteiger partial charge in [-0.2, -0.15) is 4.98 Å². The number of nitrogens with zero attached hydrogens (tertiary/aromatic N) is 5. The Balaban J connectivity index is 1.76. The second-order valence-corrected chi connectivity index (χ2v) is 11.1. The third-order valence-electron chi connectivity index (χ3n) is 6.51. The number of hydrogen-bond donors (Lipinski definition) is 4. The van der Waals surface area contributed by atoms with Crippen molar-refractivity contribution in [3.63, 3.8) is 0 Å². The summed E-state index contributed by atoms with van der Waals surface area (Å²) in [6, 6.07) is 1.93. The van der Waals surface area contributed by atoms with E-state index in [2.05, 4.69) is 15.3 Å². The predicted octanol–water partition coefficient (Wildman–Crippen LogP) is 2.88. The number of ether oxygens (including phenoxy) is 1. The normalized spacial score (nSPS) is 20.9. The Kier molecular flexibility index (Phi) is 7.77. The maximum atomic E-state index is 11.2. The highest BCUT2D eigenvalue weighted by Crippen LogP contribution is 2.41. The molecule has 3 aromatic heterocycles. The molecule has 11 heteroatoms. The van der Waals surface area contributed by atoms with Crippen molar-refractivity contribution < 1.29 is 20.1 Å². The summed E-state index contributed by atoms with van der Waals surface area (Å²) in [6.07, 6.45) is -0.0359. The Labute approximate surface area is 215 Å². The standard InChI is InChI=1S/C25H36N6O4S/c1-13(2)35-12-10-27-24-28-14(3)18(22-29-19-15(4)26-9-7-17(19)36-22)21(30-24)31-11-8-16(25(5,6)34)20(32)23(31)33/h7,9,13,16,20,23,32-34H,8,10-12H2,1-6H3,(H,27,28,30)/t16-,20+,23?/m0/s1. The second-order valence-electron chi connectivity index (χ2n) is 10.1.